The number of benzene rings is 2. The highest BCUT2D eigenvalue weighted by molar-refractivity contribution is 5.85. The first kappa shape index (κ1) is 17.0. The third-order valence-corrected chi connectivity index (χ3v) is 4.10. The maximum Gasteiger partial charge on any atom is 0.0681 e. The summed E-state index contributed by atoms with van der Waals surface area (Å²) in [6.45, 7) is 0.791. The van der Waals surface area contributed by atoms with Crippen molar-refractivity contribution in [2.24, 2.45) is 0 Å². The van der Waals surface area contributed by atoms with Crippen molar-refractivity contribution in [3.8, 4) is 11.1 Å². The van der Waals surface area contributed by atoms with Crippen molar-refractivity contribution in [1.29, 1.82) is 0 Å². The Bertz CT molecular complexity index is 583. The molecule has 0 aliphatic carbocycles. The van der Waals surface area contributed by atoms with E-state index < -0.39 is 0 Å². The molecule has 1 saturated heterocycles. The molecule has 0 saturated carbocycles. The van der Waals surface area contributed by atoms with E-state index in [4.69, 9.17) is 5.11 Å². The summed E-state index contributed by atoms with van der Waals surface area (Å²) in [5, 5.41) is 21.9. The molecule has 1 aliphatic rings. The van der Waals surface area contributed by atoms with Crippen LogP contribution in [-0.4, -0.2) is 28.9 Å². The van der Waals surface area contributed by atoms with Crippen LogP contribution in [-0.2, 0) is 13.0 Å². The molecule has 1 fully saturated rings. The van der Waals surface area contributed by atoms with Crippen LogP contribution in [0.3, 0.4) is 0 Å². The molecule has 0 radical (unpaired) electrons. The molecule has 0 spiro atoms. The van der Waals surface area contributed by atoms with E-state index in [0.29, 0.717) is 12.6 Å². The van der Waals surface area contributed by atoms with Gasteiger partial charge in [0.2, 0.25) is 0 Å². The van der Waals surface area contributed by atoms with Gasteiger partial charge in [0, 0.05) is 12.6 Å². The lowest BCUT2D eigenvalue weighted by Crippen LogP contribution is -2.23. The van der Waals surface area contributed by atoms with Crippen molar-refractivity contribution >= 4 is 12.4 Å². The molecule has 22 heavy (non-hydrogen) atoms. The van der Waals surface area contributed by atoms with E-state index in [1.54, 1.807) is 0 Å². The van der Waals surface area contributed by atoms with Crippen molar-refractivity contribution in [1.82, 2.24) is 5.32 Å². The molecule has 3 nitrogen and oxygen atoms in total. The van der Waals surface area contributed by atoms with Crippen LogP contribution in [0.5, 0.6) is 0 Å². The monoisotopic (exact) mass is 319 g/mol. The Labute approximate surface area is 137 Å². The van der Waals surface area contributed by atoms with Crippen LogP contribution >= 0.6 is 12.4 Å². The number of nitrogens with one attached hydrogen (secondary N) is 1. The number of aliphatic hydroxyl groups is 2. The summed E-state index contributed by atoms with van der Waals surface area (Å²) in [7, 11) is 0. The van der Waals surface area contributed by atoms with Gasteiger partial charge in [-0.05, 0) is 35.1 Å². The van der Waals surface area contributed by atoms with Crippen molar-refractivity contribution in [3.63, 3.8) is 0 Å². The molecule has 0 unspecified atom stereocenters. The lowest BCUT2D eigenvalue weighted by molar-refractivity contribution is 0.193. The third kappa shape index (κ3) is 4.08. The van der Waals surface area contributed by atoms with Gasteiger partial charge in [-0.3, -0.25) is 0 Å². The summed E-state index contributed by atoms with van der Waals surface area (Å²) in [5.74, 6) is 0. The Balaban J connectivity index is 0.00000176. The SMILES string of the molecule is Cl.OCc1ccc(-c2ccc(C[C@@H]3C[C@@H](O)CN3)cc2)cc1. The third-order valence-electron chi connectivity index (χ3n) is 4.10. The molecule has 3 N–H and O–H groups in total. The van der Waals surface area contributed by atoms with E-state index in [9.17, 15) is 5.11 Å². The second kappa shape index (κ2) is 7.75. The van der Waals surface area contributed by atoms with Gasteiger partial charge in [-0.25, -0.2) is 0 Å². The van der Waals surface area contributed by atoms with E-state index in [0.717, 1.165) is 24.0 Å². The smallest absolute Gasteiger partial charge is 0.0681 e. The Hall–Kier alpha value is -1.39. The highest BCUT2D eigenvalue weighted by Gasteiger charge is 2.21. The number of hydrogen-bond acceptors (Lipinski definition) is 3. The number of rotatable bonds is 4. The molecule has 0 bridgehead atoms. The van der Waals surface area contributed by atoms with E-state index >= 15 is 0 Å². The second-order valence-electron chi connectivity index (χ2n) is 5.75. The molecule has 2 aromatic rings. The van der Waals surface area contributed by atoms with E-state index in [1.807, 2.05) is 24.3 Å². The summed E-state index contributed by atoms with van der Waals surface area (Å²) in [4.78, 5) is 0. The normalized spacial score (nSPS) is 20.6. The van der Waals surface area contributed by atoms with Crippen LogP contribution in [0.1, 0.15) is 17.5 Å². The Morgan fingerprint density at radius 2 is 1.45 bits per heavy atom. The molecule has 0 aromatic heterocycles. The molecule has 1 heterocycles. The molecular weight excluding hydrogens is 298 g/mol. The van der Waals surface area contributed by atoms with Gasteiger partial charge in [0.15, 0.2) is 0 Å². The fourth-order valence-corrected chi connectivity index (χ4v) is 2.87. The molecular formula is C18H22ClNO2. The van der Waals surface area contributed by atoms with Gasteiger partial charge in [-0.15, -0.1) is 12.4 Å². The minimum absolute atomic E-state index is 0. The van der Waals surface area contributed by atoms with Crippen molar-refractivity contribution in [2.75, 3.05) is 6.54 Å². The van der Waals surface area contributed by atoms with E-state index in [1.165, 1.54) is 11.1 Å². The fourth-order valence-electron chi connectivity index (χ4n) is 2.87. The molecule has 3 rings (SSSR count). The Morgan fingerprint density at radius 1 is 0.909 bits per heavy atom. The first-order valence-corrected chi connectivity index (χ1v) is 7.45. The van der Waals surface area contributed by atoms with Gasteiger partial charge in [0.05, 0.1) is 12.7 Å². The van der Waals surface area contributed by atoms with Gasteiger partial charge in [-0.1, -0.05) is 48.5 Å². The highest BCUT2D eigenvalue weighted by Crippen LogP contribution is 2.21. The number of halogens is 1. The minimum Gasteiger partial charge on any atom is -0.392 e. The number of aliphatic hydroxyl groups excluding tert-OH is 2. The van der Waals surface area contributed by atoms with Crippen molar-refractivity contribution < 1.29 is 10.2 Å². The lowest BCUT2D eigenvalue weighted by atomic mass is 9.99. The van der Waals surface area contributed by atoms with Crippen LogP contribution < -0.4 is 5.32 Å². The quantitative estimate of drug-likeness (QED) is 0.811. The van der Waals surface area contributed by atoms with Crippen molar-refractivity contribution in [3.05, 3.63) is 59.7 Å². The predicted octanol–water partition coefficient (Wildman–Crippen LogP) is 2.53. The minimum atomic E-state index is -0.195. The summed E-state index contributed by atoms with van der Waals surface area (Å²) in [5.41, 5.74) is 4.56. The zero-order valence-electron chi connectivity index (χ0n) is 12.4. The Kier molecular flexibility index (Phi) is 5.98. The van der Waals surface area contributed by atoms with E-state index in [2.05, 4.69) is 29.6 Å². The summed E-state index contributed by atoms with van der Waals surface area (Å²) in [6, 6.07) is 16.9. The van der Waals surface area contributed by atoms with Gasteiger partial charge in [0.25, 0.3) is 0 Å². The van der Waals surface area contributed by atoms with Crippen LogP contribution in [0, 0.1) is 0 Å². The predicted molar refractivity (Wildman–Crippen MR) is 91.2 cm³/mol. The molecule has 2 aromatic carbocycles. The molecule has 118 valence electrons. The van der Waals surface area contributed by atoms with Gasteiger partial charge in [0.1, 0.15) is 0 Å². The Morgan fingerprint density at radius 3 is 1.91 bits per heavy atom. The average molecular weight is 320 g/mol. The number of β-amino-alcohol motifs (C(OH)–C–C–N with tert-alkyl or cyclic N) is 1. The van der Waals surface area contributed by atoms with Gasteiger partial charge >= 0.3 is 0 Å². The van der Waals surface area contributed by atoms with Gasteiger partial charge < -0.3 is 15.5 Å². The van der Waals surface area contributed by atoms with Crippen molar-refractivity contribution in [2.45, 2.75) is 31.6 Å². The van der Waals surface area contributed by atoms with Gasteiger partial charge in [-0.2, -0.15) is 0 Å². The van der Waals surface area contributed by atoms with E-state index in [-0.39, 0.29) is 25.1 Å². The molecule has 0 amide bonds. The highest BCUT2D eigenvalue weighted by atomic mass is 35.5. The largest absolute Gasteiger partial charge is 0.392 e. The second-order valence-corrected chi connectivity index (χ2v) is 5.75. The van der Waals surface area contributed by atoms with Crippen LogP contribution in [0.25, 0.3) is 11.1 Å². The van der Waals surface area contributed by atoms with Crippen LogP contribution in [0.2, 0.25) is 0 Å². The molecule has 4 heteroatoms. The van der Waals surface area contributed by atoms with Crippen LogP contribution in [0.4, 0.5) is 0 Å². The zero-order valence-corrected chi connectivity index (χ0v) is 13.2. The summed E-state index contributed by atoms with van der Waals surface area (Å²) < 4.78 is 0. The average Bonchev–Trinajstić information content (AvgIpc) is 2.93. The first-order chi connectivity index (χ1) is 10.2. The lowest BCUT2D eigenvalue weighted by Gasteiger charge is -2.10. The maximum absolute atomic E-state index is 9.53. The van der Waals surface area contributed by atoms with Crippen LogP contribution in [0.15, 0.2) is 48.5 Å². The molecule has 2 atom stereocenters. The molecule has 1 aliphatic heterocycles. The first-order valence-electron chi connectivity index (χ1n) is 7.45. The number of hydrogen-bond donors (Lipinski definition) is 3. The zero-order chi connectivity index (χ0) is 14.7. The fraction of sp³-hybridized carbons (Fsp3) is 0.333. The standard InChI is InChI=1S/C18H21NO2.ClH/c20-12-14-3-7-16(8-4-14)15-5-1-13(2-6-15)9-17-10-18(21)11-19-17;/h1-8,17-21H,9-12H2;1H/t17-,18-;/m1./s1. The summed E-state index contributed by atoms with van der Waals surface area (Å²) >= 11 is 0. The summed E-state index contributed by atoms with van der Waals surface area (Å²) in [6.07, 6.45) is 1.60. The maximum atomic E-state index is 9.53. The topological polar surface area (TPSA) is 52.5 Å².